The van der Waals surface area contributed by atoms with Gasteiger partial charge in [-0.2, -0.15) is 0 Å². The zero-order chi connectivity index (χ0) is 15.7. The molecule has 0 atom stereocenters. The van der Waals surface area contributed by atoms with Gasteiger partial charge >= 0.3 is 5.69 Å². The van der Waals surface area contributed by atoms with Crippen LogP contribution in [0.3, 0.4) is 0 Å². The summed E-state index contributed by atoms with van der Waals surface area (Å²) in [7, 11) is 1.48. The Hall–Kier alpha value is -2.61. The Morgan fingerprint density at radius 2 is 2.05 bits per heavy atom. The third-order valence-corrected chi connectivity index (χ3v) is 3.70. The van der Waals surface area contributed by atoms with Gasteiger partial charge < -0.3 is 4.74 Å². The van der Waals surface area contributed by atoms with Crippen molar-refractivity contribution >= 4 is 22.8 Å². The van der Waals surface area contributed by atoms with Crippen LogP contribution in [0.1, 0.15) is 0 Å². The van der Waals surface area contributed by atoms with Crippen molar-refractivity contribution in [3.63, 3.8) is 0 Å². The minimum Gasteiger partial charge on any atom is -0.495 e. The molecule has 2 heterocycles. The van der Waals surface area contributed by atoms with Crippen molar-refractivity contribution in [1.29, 1.82) is 0 Å². The van der Waals surface area contributed by atoms with Crippen LogP contribution in [-0.4, -0.2) is 32.9 Å². The van der Waals surface area contributed by atoms with Gasteiger partial charge in [0.05, 0.1) is 12.8 Å². The number of hydrogen-bond acceptors (Lipinski definition) is 6. The number of benzene rings is 1. The van der Waals surface area contributed by atoms with Crippen molar-refractivity contribution in [2.24, 2.45) is 0 Å². The summed E-state index contributed by atoms with van der Waals surface area (Å²) >= 11 is 1.33. The first-order valence-electron chi connectivity index (χ1n) is 6.35. The summed E-state index contributed by atoms with van der Waals surface area (Å²) in [6.45, 7) is 0. The van der Waals surface area contributed by atoms with E-state index in [2.05, 4.69) is 15.0 Å². The SMILES string of the molecule is COc1ccccc1-n1c(=O)[nH]c2nc(SC)ncc2c1=O. The van der Waals surface area contributed by atoms with Gasteiger partial charge in [-0.3, -0.25) is 9.78 Å². The van der Waals surface area contributed by atoms with Crippen LogP contribution in [0.25, 0.3) is 16.7 Å². The van der Waals surface area contributed by atoms with Gasteiger partial charge in [-0.15, -0.1) is 0 Å². The van der Waals surface area contributed by atoms with Crippen LogP contribution in [0.5, 0.6) is 5.75 Å². The second-order valence-corrected chi connectivity index (χ2v) is 5.13. The van der Waals surface area contributed by atoms with Crippen molar-refractivity contribution in [1.82, 2.24) is 19.5 Å². The number of aromatic nitrogens is 4. The molecule has 0 fully saturated rings. The van der Waals surface area contributed by atoms with Gasteiger partial charge in [0, 0.05) is 6.20 Å². The maximum absolute atomic E-state index is 12.6. The molecule has 0 aliphatic carbocycles. The smallest absolute Gasteiger partial charge is 0.334 e. The van der Waals surface area contributed by atoms with Gasteiger partial charge in [0.1, 0.15) is 11.1 Å². The summed E-state index contributed by atoms with van der Waals surface area (Å²) < 4.78 is 6.23. The molecule has 3 aromatic rings. The summed E-state index contributed by atoms with van der Waals surface area (Å²) in [6, 6.07) is 6.80. The number of fused-ring (bicyclic) bond motifs is 1. The van der Waals surface area contributed by atoms with E-state index in [0.29, 0.717) is 16.6 Å². The summed E-state index contributed by atoms with van der Waals surface area (Å²) in [5.41, 5.74) is -0.476. The molecule has 0 saturated heterocycles. The van der Waals surface area contributed by atoms with Crippen LogP contribution in [0, 0.1) is 0 Å². The quantitative estimate of drug-likeness (QED) is 0.577. The van der Waals surface area contributed by atoms with E-state index in [-0.39, 0.29) is 11.0 Å². The van der Waals surface area contributed by atoms with Crippen LogP contribution in [0.15, 0.2) is 45.2 Å². The molecule has 1 aromatic carbocycles. The molecule has 0 aliphatic rings. The predicted molar refractivity (Wildman–Crippen MR) is 84.1 cm³/mol. The highest BCUT2D eigenvalue weighted by Crippen LogP contribution is 2.19. The molecule has 3 rings (SSSR count). The van der Waals surface area contributed by atoms with Gasteiger partial charge in [0.2, 0.25) is 0 Å². The average molecular weight is 316 g/mol. The lowest BCUT2D eigenvalue weighted by Crippen LogP contribution is -2.34. The maximum atomic E-state index is 12.6. The number of aromatic amines is 1. The second-order valence-electron chi connectivity index (χ2n) is 4.36. The Kier molecular flexibility index (Phi) is 3.68. The number of hydrogen-bond donors (Lipinski definition) is 1. The standard InChI is InChI=1S/C14H12N4O3S/c1-21-10-6-4-3-5-9(10)18-12(19)8-7-15-13(22-2)16-11(8)17-14(18)20/h3-7H,1-2H3,(H,15,16,17,20). The third-order valence-electron chi connectivity index (χ3n) is 3.14. The van der Waals surface area contributed by atoms with Crippen molar-refractivity contribution in [2.75, 3.05) is 13.4 Å². The monoisotopic (exact) mass is 316 g/mol. The highest BCUT2D eigenvalue weighted by atomic mass is 32.2. The Labute approximate surface area is 129 Å². The van der Waals surface area contributed by atoms with Gasteiger partial charge in [-0.1, -0.05) is 23.9 Å². The lowest BCUT2D eigenvalue weighted by atomic mass is 10.3. The lowest BCUT2D eigenvalue weighted by molar-refractivity contribution is 0.412. The molecule has 2 aromatic heterocycles. The lowest BCUT2D eigenvalue weighted by Gasteiger charge is -2.10. The largest absolute Gasteiger partial charge is 0.495 e. The van der Waals surface area contributed by atoms with E-state index < -0.39 is 11.2 Å². The highest BCUT2D eigenvalue weighted by molar-refractivity contribution is 7.98. The molecule has 8 heteroatoms. The van der Waals surface area contributed by atoms with Crippen LogP contribution in [-0.2, 0) is 0 Å². The number of para-hydroxylation sites is 2. The molecule has 0 amide bonds. The zero-order valence-electron chi connectivity index (χ0n) is 11.9. The number of nitrogens with one attached hydrogen (secondary N) is 1. The fourth-order valence-electron chi connectivity index (χ4n) is 2.12. The maximum Gasteiger partial charge on any atom is 0.334 e. The molecule has 22 heavy (non-hydrogen) atoms. The number of H-pyrrole nitrogens is 1. The minimum absolute atomic E-state index is 0.223. The first-order chi connectivity index (χ1) is 10.7. The van der Waals surface area contributed by atoms with E-state index in [9.17, 15) is 9.59 Å². The minimum atomic E-state index is -0.576. The molecule has 0 unspecified atom stereocenters. The number of rotatable bonds is 3. The van der Waals surface area contributed by atoms with Gasteiger partial charge in [-0.25, -0.2) is 19.3 Å². The van der Waals surface area contributed by atoms with Crippen molar-refractivity contribution in [3.05, 3.63) is 51.3 Å². The molecule has 0 saturated carbocycles. The molecular weight excluding hydrogens is 304 g/mol. The summed E-state index contributed by atoms with van der Waals surface area (Å²) in [4.78, 5) is 35.8. The summed E-state index contributed by atoms with van der Waals surface area (Å²) in [6.07, 6.45) is 3.23. The van der Waals surface area contributed by atoms with Crippen LogP contribution in [0.4, 0.5) is 0 Å². The third kappa shape index (κ3) is 2.27. The number of ether oxygens (including phenoxy) is 1. The molecule has 7 nitrogen and oxygen atoms in total. The van der Waals surface area contributed by atoms with E-state index >= 15 is 0 Å². The molecule has 0 aliphatic heterocycles. The molecule has 1 N–H and O–H groups in total. The predicted octanol–water partition coefficient (Wildman–Crippen LogP) is 1.20. The number of nitrogens with zero attached hydrogens (tertiary/aromatic N) is 3. The second kappa shape index (κ2) is 5.64. The first kappa shape index (κ1) is 14.3. The zero-order valence-corrected chi connectivity index (χ0v) is 12.7. The highest BCUT2D eigenvalue weighted by Gasteiger charge is 2.14. The molecular formula is C14H12N4O3S. The molecule has 0 spiro atoms. The topological polar surface area (TPSA) is 89.9 Å². The van der Waals surface area contributed by atoms with Crippen molar-refractivity contribution in [2.45, 2.75) is 5.16 Å². The van der Waals surface area contributed by atoms with Gasteiger partial charge in [0.25, 0.3) is 5.56 Å². The van der Waals surface area contributed by atoms with E-state index in [0.717, 1.165) is 4.57 Å². The van der Waals surface area contributed by atoms with E-state index in [1.165, 1.54) is 25.1 Å². The van der Waals surface area contributed by atoms with Crippen molar-refractivity contribution in [3.8, 4) is 11.4 Å². The number of methoxy groups -OCH3 is 1. The van der Waals surface area contributed by atoms with E-state index in [1.54, 1.807) is 24.3 Å². The fourth-order valence-corrected chi connectivity index (χ4v) is 2.46. The average Bonchev–Trinajstić information content (AvgIpc) is 2.54. The van der Waals surface area contributed by atoms with E-state index in [1.807, 2.05) is 6.26 Å². The molecule has 0 bridgehead atoms. The normalized spacial score (nSPS) is 10.8. The Morgan fingerprint density at radius 1 is 1.27 bits per heavy atom. The van der Waals surface area contributed by atoms with Crippen LogP contribution >= 0.6 is 11.8 Å². The van der Waals surface area contributed by atoms with Crippen LogP contribution < -0.4 is 16.0 Å². The Morgan fingerprint density at radius 3 is 2.77 bits per heavy atom. The fraction of sp³-hybridized carbons (Fsp3) is 0.143. The first-order valence-corrected chi connectivity index (χ1v) is 7.57. The van der Waals surface area contributed by atoms with Crippen molar-refractivity contribution < 1.29 is 4.74 Å². The molecule has 112 valence electrons. The summed E-state index contributed by atoms with van der Waals surface area (Å²) in [5.74, 6) is 0.427. The van der Waals surface area contributed by atoms with Crippen LogP contribution in [0.2, 0.25) is 0 Å². The van der Waals surface area contributed by atoms with Gasteiger partial charge in [0.15, 0.2) is 10.8 Å². The Bertz CT molecular complexity index is 964. The molecule has 0 radical (unpaired) electrons. The van der Waals surface area contributed by atoms with E-state index in [4.69, 9.17) is 4.74 Å². The summed E-state index contributed by atoms with van der Waals surface area (Å²) in [5, 5.41) is 0.723. The van der Waals surface area contributed by atoms with Gasteiger partial charge in [-0.05, 0) is 18.4 Å². The number of thioether (sulfide) groups is 1. The Balaban J connectivity index is 2.36.